The highest BCUT2D eigenvalue weighted by atomic mass is 31.2. The molecule has 0 saturated carbocycles. The van der Waals surface area contributed by atoms with Crippen LogP contribution in [0.5, 0.6) is 0 Å². The lowest BCUT2D eigenvalue weighted by atomic mass is 10.0. The molecule has 0 saturated heterocycles. The van der Waals surface area contributed by atoms with E-state index in [0.717, 1.165) is 44.1 Å². The van der Waals surface area contributed by atoms with Crippen LogP contribution >= 0.6 is 7.82 Å². The zero-order chi connectivity index (χ0) is 19.3. The van der Waals surface area contributed by atoms with Crippen molar-refractivity contribution in [2.24, 2.45) is 0 Å². The topological polar surface area (TPSA) is 72.4 Å². The summed E-state index contributed by atoms with van der Waals surface area (Å²) < 4.78 is 14.5. The zero-order valence-corrected chi connectivity index (χ0v) is 17.2. The molecule has 0 aromatic carbocycles. The highest BCUT2D eigenvalue weighted by molar-refractivity contribution is 7.43. The second kappa shape index (κ2) is 13.3. The average molecular weight is 368 g/mol. The number of phosphoric acid groups is 1. The summed E-state index contributed by atoms with van der Waals surface area (Å²) in [5, 5.41) is 0. The second-order valence-corrected chi connectivity index (χ2v) is 7.94. The molecule has 25 heavy (non-hydrogen) atoms. The van der Waals surface area contributed by atoms with Gasteiger partial charge in [0.1, 0.15) is 0 Å². The Labute approximate surface area is 153 Å². The van der Waals surface area contributed by atoms with Gasteiger partial charge >= 0.3 is 0 Å². The molecule has 0 aliphatic rings. The Morgan fingerprint density at radius 1 is 0.760 bits per heavy atom. The Kier molecular flexibility index (Phi) is 12.8. The molecule has 0 unspecified atom stereocenters. The SMILES string of the molecule is CC(C)=CCC/C(C)=C/CC/C(C)=C/CC/C(C)=C/COP(=O)([O-])[O-]. The summed E-state index contributed by atoms with van der Waals surface area (Å²) in [5.74, 6) is 0. The lowest BCUT2D eigenvalue weighted by Crippen LogP contribution is -2.16. The minimum absolute atomic E-state index is 0.171. The summed E-state index contributed by atoms with van der Waals surface area (Å²) in [5.41, 5.74) is 5.20. The summed E-state index contributed by atoms with van der Waals surface area (Å²) in [4.78, 5) is 20.7. The molecule has 0 fully saturated rings. The van der Waals surface area contributed by atoms with E-state index < -0.39 is 7.82 Å². The predicted molar refractivity (Wildman–Crippen MR) is 102 cm³/mol. The fourth-order valence-electron chi connectivity index (χ4n) is 2.26. The number of hydrogen-bond acceptors (Lipinski definition) is 4. The number of allylic oxidation sites excluding steroid dienone is 7. The maximum Gasteiger partial charge on any atom is 0.0702 e. The van der Waals surface area contributed by atoms with Crippen molar-refractivity contribution in [3.8, 4) is 0 Å². The van der Waals surface area contributed by atoms with E-state index in [1.54, 1.807) is 6.08 Å². The first-order valence-electron chi connectivity index (χ1n) is 8.87. The first kappa shape index (κ1) is 24.1. The van der Waals surface area contributed by atoms with Crippen LogP contribution in [0.4, 0.5) is 0 Å². The summed E-state index contributed by atoms with van der Waals surface area (Å²) in [6.45, 7) is 10.3. The maximum atomic E-state index is 10.4. The van der Waals surface area contributed by atoms with Crippen LogP contribution in [0.1, 0.15) is 73.1 Å². The Hall–Kier alpha value is -0.930. The molecule has 0 rings (SSSR count). The van der Waals surface area contributed by atoms with Crippen molar-refractivity contribution in [1.82, 2.24) is 0 Å². The Bertz CT molecular complexity index is 546. The molecule has 0 aliphatic heterocycles. The number of hydrogen-bond donors (Lipinski definition) is 0. The predicted octanol–water partition coefficient (Wildman–Crippen LogP) is 4.98. The molecule has 0 amide bonds. The molecule has 0 bridgehead atoms. The molecular weight excluding hydrogens is 335 g/mol. The van der Waals surface area contributed by atoms with Gasteiger partial charge in [0.15, 0.2) is 0 Å². The highest BCUT2D eigenvalue weighted by Gasteiger charge is 1.94. The summed E-state index contributed by atoms with van der Waals surface area (Å²) in [6, 6.07) is 0. The molecule has 5 heteroatoms. The third-order valence-corrected chi connectivity index (χ3v) is 4.28. The molecule has 4 nitrogen and oxygen atoms in total. The highest BCUT2D eigenvalue weighted by Crippen LogP contribution is 2.24. The van der Waals surface area contributed by atoms with Gasteiger partial charge in [-0.2, -0.15) is 0 Å². The van der Waals surface area contributed by atoms with Crippen LogP contribution in [-0.4, -0.2) is 6.61 Å². The van der Waals surface area contributed by atoms with Gasteiger partial charge in [0.05, 0.1) is 14.4 Å². The van der Waals surface area contributed by atoms with Crippen molar-refractivity contribution in [2.45, 2.75) is 73.1 Å². The molecule has 0 aliphatic carbocycles. The molecule has 0 radical (unpaired) electrons. The van der Waals surface area contributed by atoms with Crippen molar-refractivity contribution in [2.75, 3.05) is 6.61 Å². The molecule has 0 aromatic rings. The van der Waals surface area contributed by atoms with E-state index in [1.165, 1.54) is 16.7 Å². The molecule has 0 spiro atoms. The molecule has 0 N–H and O–H groups in total. The summed E-state index contributed by atoms with van der Waals surface area (Å²) in [6.07, 6.45) is 14.6. The van der Waals surface area contributed by atoms with Gasteiger partial charge in [-0.3, -0.25) is 0 Å². The second-order valence-electron chi connectivity index (χ2n) is 6.79. The number of rotatable bonds is 12. The van der Waals surface area contributed by atoms with Crippen LogP contribution in [0.15, 0.2) is 46.6 Å². The van der Waals surface area contributed by atoms with Crippen molar-refractivity contribution in [3.05, 3.63) is 46.6 Å². The molecule has 0 atom stereocenters. The zero-order valence-electron chi connectivity index (χ0n) is 16.3. The van der Waals surface area contributed by atoms with Crippen LogP contribution in [-0.2, 0) is 9.09 Å². The van der Waals surface area contributed by atoms with Gasteiger partial charge in [-0.15, -0.1) is 0 Å². The van der Waals surface area contributed by atoms with Crippen molar-refractivity contribution >= 4 is 7.82 Å². The van der Waals surface area contributed by atoms with Gasteiger partial charge in [-0.1, -0.05) is 46.6 Å². The van der Waals surface area contributed by atoms with Crippen LogP contribution in [0.25, 0.3) is 0 Å². The van der Waals surface area contributed by atoms with Gasteiger partial charge in [-0.05, 0) is 73.1 Å². The first-order valence-corrected chi connectivity index (χ1v) is 10.3. The Morgan fingerprint density at radius 3 is 1.56 bits per heavy atom. The molecule has 0 heterocycles. The third kappa shape index (κ3) is 17.7. The monoisotopic (exact) mass is 368 g/mol. The van der Waals surface area contributed by atoms with Gasteiger partial charge in [0, 0.05) is 0 Å². The van der Waals surface area contributed by atoms with E-state index in [-0.39, 0.29) is 6.61 Å². The van der Waals surface area contributed by atoms with Crippen LogP contribution in [0.3, 0.4) is 0 Å². The standard InChI is InChI=1S/C20H35O4P/c1-17(2)9-6-10-18(3)11-7-12-19(4)13-8-14-20(5)15-16-24-25(21,22)23/h9,11,13,15H,6-8,10,12,14,16H2,1-5H3,(H2,21,22,23)/p-2/b18-11+,19-13+,20-15+. The van der Waals surface area contributed by atoms with Crippen LogP contribution in [0, 0.1) is 0 Å². The normalized spacial score (nSPS) is 14.0. The van der Waals surface area contributed by atoms with Gasteiger partial charge < -0.3 is 18.9 Å². The van der Waals surface area contributed by atoms with E-state index in [1.807, 2.05) is 6.92 Å². The van der Waals surface area contributed by atoms with Crippen LogP contribution < -0.4 is 9.79 Å². The number of phosphoric ester groups is 1. The largest absolute Gasteiger partial charge is 0.790 e. The Morgan fingerprint density at radius 2 is 1.16 bits per heavy atom. The smallest absolute Gasteiger partial charge is 0.0702 e. The van der Waals surface area contributed by atoms with Crippen LogP contribution in [0.2, 0.25) is 0 Å². The fourth-order valence-corrected chi connectivity index (χ4v) is 2.52. The van der Waals surface area contributed by atoms with E-state index >= 15 is 0 Å². The van der Waals surface area contributed by atoms with Crippen molar-refractivity contribution in [3.63, 3.8) is 0 Å². The maximum absolute atomic E-state index is 10.4. The van der Waals surface area contributed by atoms with Gasteiger partial charge in [0.2, 0.25) is 0 Å². The van der Waals surface area contributed by atoms with Gasteiger partial charge in [0.25, 0.3) is 0 Å². The Balaban J connectivity index is 4.03. The first-order chi connectivity index (χ1) is 11.6. The molecular formula is C20H33O4P-2. The van der Waals surface area contributed by atoms with Crippen molar-refractivity contribution < 1.29 is 18.9 Å². The lowest BCUT2D eigenvalue weighted by molar-refractivity contribution is -0.340. The van der Waals surface area contributed by atoms with E-state index in [0.29, 0.717) is 0 Å². The molecule has 144 valence electrons. The lowest BCUT2D eigenvalue weighted by Gasteiger charge is -2.27. The minimum atomic E-state index is -4.86. The molecule has 0 aromatic heterocycles. The quantitative estimate of drug-likeness (QED) is 0.360. The third-order valence-electron chi connectivity index (χ3n) is 3.82. The average Bonchev–Trinajstić information content (AvgIpc) is 2.45. The van der Waals surface area contributed by atoms with E-state index in [2.05, 4.69) is 50.4 Å². The van der Waals surface area contributed by atoms with E-state index in [4.69, 9.17) is 0 Å². The fraction of sp³-hybridized carbons (Fsp3) is 0.600. The van der Waals surface area contributed by atoms with E-state index in [9.17, 15) is 14.4 Å². The summed E-state index contributed by atoms with van der Waals surface area (Å²) in [7, 11) is -4.86. The van der Waals surface area contributed by atoms with Crippen molar-refractivity contribution in [1.29, 1.82) is 0 Å². The summed E-state index contributed by atoms with van der Waals surface area (Å²) >= 11 is 0. The minimum Gasteiger partial charge on any atom is -0.790 e. The van der Waals surface area contributed by atoms with Gasteiger partial charge in [-0.25, -0.2) is 0 Å².